The maximum Gasteiger partial charge on any atom is 0.0991 e. The highest BCUT2D eigenvalue weighted by Gasteiger charge is 2.40. The lowest BCUT2D eigenvalue weighted by Crippen LogP contribution is -2.52. The fourth-order valence-corrected chi connectivity index (χ4v) is 3.27. The largest absolute Gasteiger partial charge is 0.396 e. The van der Waals surface area contributed by atoms with Crippen LogP contribution in [0.5, 0.6) is 0 Å². The molecule has 2 rings (SSSR count). The number of rotatable bonds is 5. The fourth-order valence-electron chi connectivity index (χ4n) is 3.27. The van der Waals surface area contributed by atoms with E-state index < -0.39 is 6.10 Å². The second kappa shape index (κ2) is 7.04. The Balaban J connectivity index is 2.00. The standard InChI is InChI=1S/C17H24N2O2/c1-2-6-17(13-20)7-8-19(12-16(17)21)11-15-5-3-4-14(9-15)10-18/h3-5,9,16,20-21H,2,6-8,11-13H2,1H3/t16-,17-/m1/s1. The number of β-amino-alcohol motifs (C(OH)–C–C–N with tert-alkyl or cyclic N) is 1. The van der Waals surface area contributed by atoms with E-state index in [1.807, 2.05) is 18.2 Å². The van der Waals surface area contributed by atoms with Crippen molar-refractivity contribution in [2.24, 2.45) is 5.41 Å². The fraction of sp³-hybridized carbons (Fsp3) is 0.588. The first-order valence-corrected chi connectivity index (χ1v) is 7.64. The van der Waals surface area contributed by atoms with Crippen LogP contribution in [0.1, 0.15) is 37.3 Å². The van der Waals surface area contributed by atoms with Crippen LogP contribution >= 0.6 is 0 Å². The second-order valence-corrected chi connectivity index (χ2v) is 6.08. The molecule has 1 aliphatic rings. The van der Waals surface area contributed by atoms with E-state index in [1.165, 1.54) is 0 Å². The van der Waals surface area contributed by atoms with Gasteiger partial charge in [0.1, 0.15) is 0 Å². The van der Waals surface area contributed by atoms with Crippen molar-refractivity contribution in [3.8, 4) is 6.07 Å². The monoisotopic (exact) mass is 288 g/mol. The lowest BCUT2D eigenvalue weighted by molar-refractivity contribution is -0.0802. The minimum Gasteiger partial charge on any atom is -0.396 e. The van der Waals surface area contributed by atoms with Gasteiger partial charge in [0.05, 0.1) is 24.3 Å². The summed E-state index contributed by atoms with van der Waals surface area (Å²) in [5, 5.41) is 29.1. The summed E-state index contributed by atoms with van der Waals surface area (Å²) in [5.74, 6) is 0. The number of benzene rings is 1. The molecule has 0 spiro atoms. The first-order chi connectivity index (χ1) is 10.1. The molecule has 0 amide bonds. The SMILES string of the molecule is CCC[C@]1(CO)CCN(Cc2cccc(C#N)c2)C[C@H]1O. The lowest BCUT2D eigenvalue weighted by Gasteiger charge is -2.44. The normalized spacial score (nSPS) is 26.5. The highest BCUT2D eigenvalue weighted by Crippen LogP contribution is 2.36. The first-order valence-electron chi connectivity index (χ1n) is 7.64. The Labute approximate surface area is 126 Å². The molecule has 0 unspecified atom stereocenters. The molecular formula is C17H24N2O2. The molecule has 2 N–H and O–H groups in total. The Morgan fingerprint density at radius 3 is 2.90 bits per heavy atom. The zero-order valence-electron chi connectivity index (χ0n) is 12.6. The zero-order chi connectivity index (χ0) is 15.3. The van der Waals surface area contributed by atoms with Gasteiger partial charge in [0.25, 0.3) is 0 Å². The molecule has 114 valence electrons. The minimum absolute atomic E-state index is 0.0553. The number of hydrogen-bond acceptors (Lipinski definition) is 4. The predicted octanol–water partition coefficient (Wildman–Crippen LogP) is 1.90. The molecule has 2 atom stereocenters. The van der Waals surface area contributed by atoms with Gasteiger partial charge in [-0.2, -0.15) is 5.26 Å². The smallest absolute Gasteiger partial charge is 0.0991 e. The molecule has 0 saturated carbocycles. The molecule has 0 aromatic heterocycles. The van der Waals surface area contributed by atoms with E-state index in [1.54, 1.807) is 6.07 Å². The van der Waals surface area contributed by atoms with Crippen LogP contribution in [0.4, 0.5) is 0 Å². The van der Waals surface area contributed by atoms with Gasteiger partial charge >= 0.3 is 0 Å². The van der Waals surface area contributed by atoms with E-state index in [9.17, 15) is 10.2 Å². The van der Waals surface area contributed by atoms with Crippen molar-refractivity contribution in [1.82, 2.24) is 4.90 Å². The Kier molecular flexibility index (Phi) is 5.35. The van der Waals surface area contributed by atoms with E-state index in [2.05, 4.69) is 17.9 Å². The van der Waals surface area contributed by atoms with Crippen LogP contribution < -0.4 is 0 Å². The third kappa shape index (κ3) is 3.62. The van der Waals surface area contributed by atoms with Gasteiger partial charge in [0.15, 0.2) is 0 Å². The number of hydrogen-bond donors (Lipinski definition) is 2. The van der Waals surface area contributed by atoms with Crippen LogP contribution in [0.3, 0.4) is 0 Å². The number of piperidine rings is 1. The van der Waals surface area contributed by atoms with Crippen molar-refractivity contribution in [2.45, 2.75) is 38.8 Å². The average molecular weight is 288 g/mol. The van der Waals surface area contributed by atoms with Crippen molar-refractivity contribution >= 4 is 0 Å². The molecule has 4 heteroatoms. The number of aliphatic hydroxyl groups excluding tert-OH is 2. The zero-order valence-corrected chi connectivity index (χ0v) is 12.6. The van der Waals surface area contributed by atoms with Gasteiger partial charge in [-0.25, -0.2) is 0 Å². The van der Waals surface area contributed by atoms with Gasteiger partial charge in [-0.05, 0) is 37.1 Å². The molecular weight excluding hydrogens is 264 g/mol. The Morgan fingerprint density at radius 1 is 1.48 bits per heavy atom. The molecule has 1 aliphatic heterocycles. The van der Waals surface area contributed by atoms with Crippen molar-refractivity contribution in [3.63, 3.8) is 0 Å². The minimum atomic E-state index is -0.490. The summed E-state index contributed by atoms with van der Waals surface area (Å²) in [7, 11) is 0. The molecule has 1 fully saturated rings. The van der Waals surface area contributed by atoms with Crippen molar-refractivity contribution < 1.29 is 10.2 Å². The quantitative estimate of drug-likeness (QED) is 0.868. The summed E-state index contributed by atoms with van der Waals surface area (Å²) in [6.07, 6.45) is 2.16. The Bertz CT molecular complexity index is 512. The van der Waals surface area contributed by atoms with Crippen molar-refractivity contribution in [1.29, 1.82) is 5.26 Å². The first kappa shape index (κ1) is 16.0. The van der Waals surface area contributed by atoms with Gasteiger partial charge in [-0.15, -0.1) is 0 Å². The molecule has 1 heterocycles. The molecule has 21 heavy (non-hydrogen) atoms. The number of aliphatic hydroxyl groups is 2. The van der Waals surface area contributed by atoms with Crippen molar-refractivity contribution in [2.75, 3.05) is 19.7 Å². The maximum absolute atomic E-state index is 10.4. The maximum atomic E-state index is 10.4. The van der Waals surface area contributed by atoms with E-state index in [-0.39, 0.29) is 12.0 Å². The number of nitriles is 1. The summed E-state index contributed by atoms with van der Waals surface area (Å²) in [6, 6.07) is 9.74. The summed E-state index contributed by atoms with van der Waals surface area (Å²) in [4.78, 5) is 2.20. The lowest BCUT2D eigenvalue weighted by atomic mass is 9.73. The van der Waals surface area contributed by atoms with Gasteiger partial charge < -0.3 is 10.2 Å². The van der Waals surface area contributed by atoms with Crippen LogP contribution in [0.25, 0.3) is 0 Å². The van der Waals surface area contributed by atoms with Crippen LogP contribution in [0, 0.1) is 16.7 Å². The van der Waals surface area contributed by atoms with E-state index in [4.69, 9.17) is 5.26 Å². The highest BCUT2D eigenvalue weighted by atomic mass is 16.3. The number of likely N-dealkylation sites (tertiary alicyclic amines) is 1. The van der Waals surface area contributed by atoms with Gasteiger partial charge in [-0.3, -0.25) is 4.90 Å². The predicted molar refractivity (Wildman–Crippen MR) is 81.5 cm³/mol. The topological polar surface area (TPSA) is 67.5 Å². The Hall–Kier alpha value is -1.41. The molecule has 1 aromatic rings. The third-order valence-corrected chi connectivity index (χ3v) is 4.59. The van der Waals surface area contributed by atoms with E-state index >= 15 is 0 Å². The van der Waals surface area contributed by atoms with Crippen LogP contribution in [0.2, 0.25) is 0 Å². The average Bonchev–Trinajstić information content (AvgIpc) is 2.50. The van der Waals surface area contributed by atoms with Crippen LogP contribution in [0.15, 0.2) is 24.3 Å². The van der Waals surface area contributed by atoms with Gasteiger partial charge in [0.2, 0.25) is 0 Å². The van der Waals surface area contributed by atoms with E-state index in [0.717, 1.165) is 37.9 Å². The molecule has 4 nitrogen and oxygen atoms in total. The van der Waals surface area contributed by atoms with Gasteiger partial charge in [-0.1, -0.05) is 25.5 Å². The molecule has 1 saturated heterocycles. The molecule has 0 radical (unpaired) electrons. The summed E-state index contributed by atoms with van der Waals surface area (Å²) < 4.78 is 0. The Morgan fingerprint density at radius 2 is 2.29 bits per heavy atom. The van der Waals surface area contributed by atoms with Crippen molar-refractivity contribution in [3.05, 3.63) is 35.4 Å². The van der Waals surface area contributed by atoms with E-state index in [0.29, 0.717) is 12.1 Å². The summed E-state index contributed by atoms with van der Waals surface area (Å²) in [6.45, 7) is 4.33. The van der Waals surface area contributed by atoms with Crippen LogP contribution in [-0.4, -0.2) is 40.9 Å². The molecule has 1 aromatic carbocycles. The van der Waals surface area contributed by atoms with Gasteiger partial charge in [0, 0.05) is 18.5 Å². The molecule has 0 bridgehead atoms. The second-order valence-electron chi connectivity index (χ2n) is 6.08. The number of nitrogens with zero attached hydrogens (tertiary/aromatic N) is 2. The highest BCUT2D eigenvalue weighted by molar-refractivity contribution is 5.32. The summed E-state index contributed by atoms with van der Waals surface area (Å²) >= 11 is 0. The summed E-state index contributed by atoms with van der Waals surface area (Å²) in [5.41, 5.74) is 1.42. The molecule has 0 aliphatic carbocycles. The van der Waals surface area contributed by atoms with Crippen LogP contribution in [-0.2, 0) is 6.54 Å². The third-order valence-electron chi connectivity index (χ3n) is 4.59.